The second-order valence-corrected chi connectivity index (χ2v) is 5.61. The van der Waals surface area contributed by atoms with Gasteiger partial charge in [-0.2, -0.15) is 0 Å². The first-order valence-electron chi connectivity index (χ1n) is 4.83. The number of hydrogen-bond acceptors (Lipinski definition) is 3. The first-order valence-corrected chi connectivity index (χ1v) is 6.70. The van der Waals surface area contributed by atoms with Crippen LogP contribution < -0.4 is 0 Å². The molecule has 1 nitrogen and oxygen atoms in total. The van der Waals surface area contributed by atoms with Crippen LogP contribution in [-0.4, -0.2) is 5.11 Å². The highest BCUT2D eigenvalue weighted by molar-refractivity contribution is 7.98. The number of aromatic hydroxyl groups is 1. The Morgan fingerprint density at radius 3 is 3.07 bits per heavy atom. The van der Waals surface area contributed by atoms with E-state index in [1.165, 1.54) is 15.3 Å². The van der Waals surface area contributed by atoms with Crippen molar-refractivity contribution in [3.8, 4) is 5.75 Å². The molecular formula is C12H10OS2. The lowest BCUT2D eigenvalue weighted by atomic mass is 10.1. The number of fused-ring (bicyclic) bond motifs is 2. The van der Waals surface area contributed by atoms with E-state index < -0.39 is 0 Å². The molecule has 2 aromatic rings. The molecule has 0 saturated heterocycles. The van der Waals surface area contributed by atoms with Crippen LogP contribution in [0.25, 0.3) is 0 Å². The van der Waals surface area contributed by atoms with Gasteiger partial charge in [0.2, 0.25) is 0 Å². The van der Waals surface area contributed by atoms with E-state index in [1.54, 1.807) is 17.4 Å². The van der Waals surface area contributed by atoms with Crippen LogP contribution in [-0.2, 0) is 12.2 Å². The van der Waals surface area contributed by atoms with Crippen molar-refractivity contribution in [2.45, 2.75) is 17.1 Å². The summed E-state index contributed by atoms with van der Waals surface area (Å²) in [5, 5.41) is 12.0. The molecule has 2 heterocycles. The molecule has 76 valence electrons. The predicted molar refractivity (Wildman–Crippen MR) is 64.8 cm³/mol. The van der Waals surface area contributed by atoms with Crippen molar-refractivity contribution < 1.29 is 5.11 Å². The SMILES string of the molecule is Oc1cccc2c1Cc1sccc1CS2. The molecule has 1 aromatic heterocycles. The van der Waals surface area contributed by atoms with Gasteiger partial charge in [-0.1, -0.05) is 6.07 Å². The van der Waals surface area contributed by atoms with Crippen LogP contribution in [0.15, 0.2) is 34.5 Å². The molecule has 0 unspecified atom stereocenters. The number of rotatable bonds is 0. The second-order valence-electron chi connectivity index (χ2n) is 3.59. The van der Waals surface area contributed by atoms with Crippen molar-refractivity contribution >= 4 is 23.1 Å². The van der Waals surface area contributed by atoms with Crippen LogP contribution in [0.1, 0.15) is 16.0 Å². The first-order chi connectivity index (χ1) is 7.34. The quantitative estimate of drug-likeness (QED) is 0.751. The average Bonchev–Trinajstić information content (AvgIpc) is 2.60. The van der Waals surface area contributed by atoms with Gasteiger partial charge in [0, 0.05) is 27.5 Å². The maximum absolute atomic E-state index is 9.84. The number of hydrogen-bond donors (Lipinski definition) is 1. The van der Waals surface area contributed by atoms with E-state index in [9.17, 15) is 5.11 Å². The summed E-state index contributed by atoms with van der Waals surface area (Å²) < 4.78 is 0. The molecule has 1 N–H and O–H groups in total. The highest BCUT2D eigenvalue weighted by atomic mass is 32.2. The first kappa shape index (κ1) is 9.31. The van der Waals surface area contributed by atoms with Crippen LogP contribution in [0.5, 0.6) is 5.75 Å². The van der Waals surface area contributed by atoms with Gasteiger partial charge in [-0.15, -0.1) is 23.1 Å². The van der Waals surface area contributed by atoms with Crippen molar-refractivity contribution in [3.63, 3.8) is 0 Å². The zero-order valence-electron chi connectivity index (χ0n) is 8.06. The van der Waals surface area contributed by atoms with Crippen LogP contribution in [0.4, 0.5) is 0 Å². The molecule has 0 atom stereocenters. The third-order valence-electron chi connectivity index (χ3n) is 2.67. The van der Waals surface area contributed by atoms with E-state index >= 15 is 0 Å². The summed E-state index contributed by atoms with van der Waals surface area (Å²) in [5.41, 5.74) is 2.50. The summed E-state index contributed by atoms with van der Waals surface area (Å²) in [6, 6.07) is 7.98. The van der Waals surface area contributed by atoms with Crippen LogP contribution >= 0.6 is 23.1 Å². The molecule has 0 amide bonds. The van der Waals surface area contributed by atoms with E-state index in [1.807, 2.05) is 17.8 Å². The third-order valence-corrected chi connectivity index (χ3v) is 4.78. The molecule has 0 saturated carbocycles. The Hall–Kier alpha value is -0.930. The minimum atomic E-state index is 0.432. The molecule has 0 spiro atoms. The van der Waals surface area contributed by atoms with Gasteiger partial charge in [0.1, 0.15) is 5.75 Å². The number of thiophene rings is 1. The lowest BCUT2D eigenvalue weighted by Crippen LogP contribution is -1.87. The highest BCUT2D eigenvalue weighted by Gasteiger charge is 2.16. The van der Waals surface area contributed by atoms with Crippen LogP contribution in [0, 0.1) is 0 Å². The van der Waals surface area contributed by atoms with Crippen molar-refractivity contribution in [2.75, 3.05) is 0 Å². The fourth-order valence-electron chi connectivity index (χ4n) is 1.83. The van der Waals surface area contributed by atoms with Gasteiger partial charge in [0.25, 0.3) is 0 Å². The molecule has 0 radical (unpaired) electrons. The van der Waals surface area contributed by atoms with Gasteiger partial charge >= 0.3 is 0 Å². The zero-order chi connectivity index (χ0) is 10.3. The molecule has 1 aliphatic heterocycles. The minimum Gasteiger partial charge on any atom is -0.508 e. The summed E-state index contributed by atoms with van der Waals surface area (Å²) in [4.78, 5) is 2.61. The number of thioether (sulfide) groups is 1. The molecule has 0 bridgehead atoms. The Kier molecular flexibility index (Phi) is 2.22. The van der Waals surface area contributed by atoms with Gasteiger partial charge in [0.05, 0.1) is 0 Å². The third kappa shape index (κ3) is 1.56. The predicted octanol–water partition coefficient (Wildman–Crippen LogP) is 3.65. The van der Waals surface area contributed by atoms with Crippen LogP contribution in [0.3, 0.4) is 0 Å². The summed E-state index contributed by atoms with van der Waals surface area (Å²) >= 11 is 3.60. The number of phenols is 1. The fourth-order valence-corrected chi connectivity index (χ4v) is 3.95. The van der Waals surface area contributed by atoms with E-state index in [2.05, 4.69) is 17.5 Å². The summed E-state index contributed by atoms with van der Waals surface area (Å²) in [6.45, 7) is 0. The topological polar surface area (TPSA) is 20.2 Å². The van der Waals surface area contributed by atoms with Crippen molar-refractivity contribution in [1.82, 2.24) is 0 Å². The van der Waals surface area contributed by atoms with Crippen molar-refractivity contribution in [3.05, 3.63) is 45.6 Å². The molecule has 1 aromatic carbocycles. The van der Waals surface area contributed by atoms with Crippen molar-refractivity contribution in [1.29, 1.82) is 0 Å². The van der Waals surface area contributed by atoms with E-state index in [0.717, 1.165) is 17.7 Å². The van der Waals surface area contributed by atoms with Gasteiger partial charge < -0.3 is 5.11 Å². The summed E-state index contributed by atoms with van der Waals surface area (Å²) in [5.74, 6) is 1.45. The molecule has 3 rings (SSSR count). The van der Waals surface area contributed by atoms with Crippen LogP contribution in [0.2, 0.25) is 0 Å². The zero-order valence-corrected chi connectivity index (χ0v) is 9.70. The lowest BCUT2D eigenvalue weighted by Gasteiger charge is -2.06. The second kappa shape index (κ2) is 3.58. The molecule has 0 fully saturated rings. The maximum Gasteiger partial charge on any atom is 0.120 e. The molecule has 1 aliphatic rings. The lowest BCUT2D eigenvalue weighted by molar-refractivity contribution is 0.467. The maximum atomic E-state index is 9.84. The molecule has 3 heteroatoms. The smallest absolute Gasteiger partial charge is 0.120 e. The monoisotopic (exact) mass is 234 g/mol. The van der Waals surface area contributed by atoms with E-state index in [4.69, 9.17) is 0 Å². The van der Waals surface area contributed by atoms with Gasteiger partial charge in [-0.25, -0.2) is 0 Å². The Morgan fingerprint density at radius 1 is 1.20 bits per heavy atom. The standard InChI is InChI=1S/C12H10OS2/c13-10-2-1-3-11-9(10)6-12-8(7-15-11)4-5-14-12/h1-5,13H,6-7H2. The van der Waals surface area contributed by atoms with Gasteiger partial charge in [-0.3, -0.25) is 0 Å². The average molecular weight is 234 g/mol. The summed E-state index contributed by atoms with van der Waals surface area (Å²) in [6.07, 6.45) is 0.877. The molecular weight excluding hydrogens is 224 g/mol. The minimum absolute atomic E-state index is 0.432. The molecule has 0 aliphatic carbocycles. The van der Waals surface area contributed by atoms with Crippen molar-refractivity contribution in [2.24, 2.45) is 0 Å². The summed E-state index contributed by atoms with van der Waals surface area (Å²) in [7, 11) is 0. The van der Waals surface area contributed by atoms with Gasteiger partial charge in [-0.05, 0) is 29.1 Å². The Balaban J connectivity index is 2.14. The largest absolute Gasteiger partial charge is 0.508 e. The Bertz CT molecular complexity index is 502. The number of phenolic OH excluding ortho intramolecular Hbond substituents is 1. The van der Waals surface area contributed by atoms with Gasteiger partial charge in [0.15, 0.2) is 0 Å². The fraction of sp³-hybridized carbons (Fsp3) is 0.167. The molecule has 15 heavy (non-hydrogen) atoms. The van der Waals surface area contributed by atoms with E-state index in [0.29, 0.717) is 5.75 Å². The number of benzene rings is 1. The normalized spacial score (nSPS) is 14.1. The van der Waals surface area contributed by atoms with E-state index in [-0.39, 0.29) is 0 Å². The Morgan fingerprint density at radius 2 is 2.13 bits per heavy atom. The Labute approximate surface area is 96.8 Å². The highest BCUT2D eigenvalue weighted by Crippen LogP contribution is 2.39.